The van der Waals surface area contributed by atoms with E-state index in [1.807, 2.05) is 24.3 Å². The van der Waals surface area contributed by atoms with Crippen molar-refractivity contribution in [3.63, 3.8) is 0 Å². The van der Waals surface area contributed by atoms with Gasteiger partial charge >= 0.3 is 0 Å². The van der Waals surface area contributed by atoms with Gasteiger partial charge in [0.1, 0.15) is 4.60 Å². The van der Waals surface area contributed by atoms with Crippen LogP contribution >= 0.6 is 15.9 Å². The summed E-state index contributed by atoms with van der Waals surface area (Å²) in [5, 5.41) is 4.59. The maximum Gasteiger partial charge on any atom is 0.155 e. The first kappa shape index (κ1) is 12.3. The molecule has 0 aromatic carbocycles. The highest BCUT2D eigenvalue weighted by Crippen LogP contribution is 2.21. The Morgan fingerprint density at radius 3 is 2.68 bits per heavy atom. The van der Waals surface area contributed by atoms with Crippen LogP contribution in [-0.2, 0) is 6.42 Å². The van der Waals surface area contributed by atoms with Gasteiger partial charge in [-0.2, -0.15) is 5.10 Å². The molecule has 6 heteroatoms. The van der Waals surface area contributed by atoms with Gasteiger partial charge in [0, 0.05) is 24.4 Å². The summed E-state index contributed by atoms with van der Waals surface area (Å²) >= 11 is 3.53. The van der Waals surface area contributed by atoms with E-state index >= 15 is 0 Å². The van der Waals surface area contributed by atoms with Crippen LogP contribution in [0, 0.1) is 0 Å². The van der Waals surface area contributed by atoms with Crippen LogP contribution in [0.1, 0.15) is 5.69 Å². The molecule has 0 saturated carbocycles. The van der Waals surface area contributed by atoms with Gasteiger partial charge in [-0.3, -0.25) is 4.98 Å². The molecule has 3 heterocycles. The second kappa shape index (κ2) is 5.07. The number of aromatic nitrogens is 4. The molecule has 0 saturated heterocycles. The van der Waals surface area contributed by atoms with Crippen molar-refractivity contribution in [1.82, 2.24) is 19.6 Å². The molecule has 3 aromatic rings. The van der Waals surface area contributed by atoms with Gasteiger partial charge in [-0.05, 0) is 46.7 Å². The molecule has 0 aliphatic heterocycles. The molecule has 0 bridgehead atoms. The van der Waals surface area contributed by atoms with Crippen LogP contribution in [0.3, 0.4) is 0 Å². The molecule has 0 aliphatic carbocycles. The van der Waals surface area contributed by atoms with Crippen molar-refractivity contribution in [1.29, 1.82) is 0 Å². The fourth-order valence-corrected chi connectivity index (χ4v) is 2.47. The molecule has 0 fully saturated rings. The summed E-state index contributed by atoms with van der Waals surface area (Å²) in [7, 11) is 0. The Hall–Kier alpha value is -1.79. The Kier molecular flexibility index (Phi) is 3.27. The van der Waals surface area contributed by atoms with Gasteiger partial charge < -0.3 is 5.73 Å². The van der Waals surface area contributed by atoms with Crippen LogP contribution in [-0.4, -0.2) is 26.1 Å². The van der Waals surface area contributed by atoms with E-state index in [2.05, 4.69) is 31.0 Å². The lowest BCUT2D eigenvalue weighted by Crippen LogP contribution is -2.03. The Morgan fingerprint density at radius 1 is 1.16 bits per heavy atom. The molecule has 5 nitrogen and oxygen atoms in total. The first-order valence-corrected chi connectivity index (χ1v) is 6.73. The third-order valence-electron chi connectivity index (χ3n) is 2.85. The van der Waals surface area contributed by atoms with E-state index in [0.29, 0.717) is 6.54 Å². The van der Waals surface area contributed by atoms with Gasteiger partial charge in [-0.1, -0.05) is 0 Å². The predicted molar refractivity (Wildman–Crippen MR) is 76.7 cm³/mol. The van der Waals surface area contributed by atoms with E-state index in [9.17, 15) is 0 Å². The molecule has 3 aromatic heterocycles. The highest BCUT2D eigenvalue weighted by molar-refractivity contribution is 9.10. The quantitative estimate of drug-likeness (QED) is 0.802. The molecule has 0 atom stereocenters. The zero-order valence-corrected chi connectivity index (χ0v) is 11.7. The zero-order chi connectivity index (χ0) is 13.2. The van der Waals surface area contributed by atoms with Gasteiger partial charge in [0.05, 0.1) is 11.4 Å². The number of hydrogen-bond acceptors (Lipinski definition) is 4. The van der Waals surface area contributed by atoms with E-state index in [1.54, 1.807) is 16.9 Å². The van der Waals surface area contributed by atoms with Crippen LogP contribution in [0.2, 0.25) is 0 Å². The monoisotopic (exact) mass is 317 g/mol. The number of rotatable bonds is 3. The number of hydrogen-bond donors (Lipinski definition) is 1. The molecule has 0 amide bonds. The number of imidazole rings is 1. The molecule has 0 aliphatic rings. The van der Waals surface area contributed by atoms with Crippen LogP contribution in [0.4, 0.5) is 0 Å². The Morgan fingerprint density at radius 2 is 1.95 bits per heavy atom. The molecule has 96 valence electrons. The largest absolute Gasteiger partial charge is 0.330 e. The fourth-order valence-electron chi connectivity index (χ4n) is 1.92. The molecular formula is C13H12BrN5. The summed E-state index contributed by atoms with van der Waals surface area (Å²) in [4.78, 5) is 8.51. The van der Waals surface area contributed by atoms with Gasteiger partial charge in [0.2, 0.25) is 0 Å². The van der Waals surface area contributed by atoms with Gasteiger partial charge in [-0.25, -0.2) is 9.50 Å². The van der Waals surface area contributed by atoms with E-state index in [4.69, 9.17) is 5.73 Å². The molecule has 3 rings (SSSR count). The number of pyridine rings is 1. The Balaban J connectivity index is 2.13. The highest BCUT2D eigenvalue weighted by Gasteiger charge is 2.11. The lowest BCUT2D eigenvalue weighted by molar-refractivity contribution is 0.894. The van der Waals surface area contributed by atoms with Crippen LogP contribution in [0.25, 0.3) is 16.9 Å². The van der Waals surface area contributed by atoms with Crippen molar-refractivity contribution < 1.29 is 0 Å². The van der Waals surface area contributed by atoms with Crippen LogP contribution in [0.15, 0.2) is 41.3 Å². The fraction of sp³-hybridized carbons (Fsp3) is 0.154. The average molecular weight is 318 g/mol. The van der Waals surface area contributed by atoms with E-state index in [-0.39, 0.29) is 0 Å². The maximum absolute atomic E-state index is 5.57. The summed E-state index contributed by atoms with van der Waals surface area (Å²) in [6.45, 7) is 0.569. The maximum atomic E-state index is 5.57. The first-order chi connectivity index (χ1) is 9.29. The standard InChI is InChI=1S/C13H12BrN5/c14-13-11(3-6-15)17-12-2-1-10(18-19(12)13)9-4-7-16-8-5-9/h1-2,4-5,7-8H,3,6,15H2. The lowest BCUT2D eigenvalue weighted by Gasteiger charge is -2.01. The molecule has 0 radical (unpaired) electrons. The van der Waals surface area contributed by atoms with E-state index < -0.39 is 0 Å². The highest BCUT2D eigenvalue weighted by atomic mass is 79.9. The second-order valence-electron chi connectivity index (χ2n) is 4.11. The number of halogens is 1. The SMILES string of the molecule is NCCc1nc2ccc(-c3ccncc3)nn2c1Br. The van der Waals surface area contributed by atoms with Gasteiger partial charge in [-0.15, -0.1) is 0 Å². The van der Waals surface area contributed by atoms with Crippen LogP contribution in [0.5, 0.6) is 0 Å². The van der Waals surface area contributed by atoms with Crippen LogP contribution < -0.4 is 5.73 Å². The van der Waals surface area contributed by atoms with Crippen molar-refractivity contribution in [2.24, 2.45) is 5.73 Å². The molecular weight excluding hydrogens is 306 g/mol. The molecule has 0 unspecified atom stereocenters. The van der Waals surface area contributed by atoms with Crippen molar-refractivity contribution in [3.8, 4) is 11.3 Å². The molecule has 0 spiro atoms. The zero-order valence-electron chi connectivity index (χ0n) is 10.1. The minimum atomic E-state index is 0.569. The minimum Gasteiger partial charge on any atom is -0.330 e. The third-order valence-corrected chi connectivity index (χ3v) is 3.64. The summed E-state index contributed by atoms with van der Waals surface area (Å²) in [5.74, 6) is 0. The predicted octanol–water partition coefficient (Wildman–Crippen LogP) is 2.05. The van der Waals surface area contributed by atoms with Crippen molar-refractivity contribution in [2.45, 2.75) is 6.42 Å². The number of fused-ring (bicyclic) bond motifs is 1. The van der Waals surface area contributed by atoms with Gasteiger partial charge in [0.15, 0.2) is 5.65 Å². The number of nitrogens with zero attached hydrogens (tertiary/aromatic N) is 4. The summed E-state index contributed by atoms with van der Waals surface area (Å²) < 4.78 is 2.66. The minimum absolute atomic E-state index is 0.569. The smallest absolute Gasteiger partial charge is 0.155 e. The summed E-state index contributed by atoms with van der Waals surface area (Å²) in [6, 6.07) is 7.77. The van der Waals surface area contributed by atoms with Crippen molar-refractivity contribution in [2.75, 3.05) is 6.54 Å². The van der Waals surface area contributed by atoms with E-state index in [0.717, 1.165) is 33.6 Å². The topological polar surface area (TPSA) is 69.1 Å². The normalized spacial score (nSPS) is 11.1. The summed E-state index contributed by atoms with van der Waals surface area (Å²) in [6.07, 6.45) is 4.24. The third kappa shape index (κ3) is 2.24. The van der Waals surface area contributed by atoms with Crippen molar-refractivity contribution in [3.05, 3.63) is 47.0 Å². The second-order valence-corrected chi connectivity index (χ2v) is 4.86. The first-order valence-electron chi connectivity index (χ1n) is 5.94. The van der Waals surface area contributed by atoms with Gasteiger partial charge in [0.25, 0.3) is 0 Å². The number of nitrogens with two attached hydrogens (primary N) is 1. The van der Waals surface area contributed by atoms with E-state index in [1.165, 1.54) is 0 Å². The summed E-state index contributed by atoms with van der Waals surface area (Å²) in [5.41, 5.74) is 9.23. The Labute approximate surface area is 118 Å². The Bertz CT molecular complexity index is 708. The molecule has 2 N–H and O–H groups in total. The average Bonchev–Trinajstić information content (AvgIpc) is 2.77. The molecule has 19 heavy (non-hydrogen) atoms. The van der Waals surface area contributed by atoms with Crippen molar-refractivity contribution >= 4 is 21.6 Å². The lowest BCUT2D eigenvalue weighted by atomic mass is 10.2.